The number of carbonyl (C=O) groups is 1. The number of carboxylic acid groups (broad SMARTS) is 1. The quantitative estimate of drug-likeness (QED) is 0.259. The molecule has 4 heteroatoms. The Kier molecular flexibility index (Phi) is 15.8. The summed E-state index contributed by atoms with van der Waals surface area (Å²) in [5.41, 5.74) is 0. The van der Waals surface area contributed by atoms with Gasteiger partial charge in [-0.25, -0.2) is 0 Å². The first-order chi connectivity index (χ1) is 5.68. The summed E-state index contributed by atoms with van der Waals surface area (Å²) in [5.74, 6) is -0.925. The second-order valence-electron chi connectivity index (χ2n) is 2.99. The fourth-order valence-corrected chi connectivity index (χ4v) is 1.49. The third-order valence-corrected chi connectivity index (χ3v) is 2.95. The van der Waals surface area contributed by atoms with Crippen molar-refractivity contribution in [3.8, 4) is 0 Å². The fraction of sp³-hybridized carbons (Fsp3) is 0.889. The van der Waals surface area contributed by atoms with E-state index in [4.69, 9.17) is 0 Å². The molecule has 0 saturated heterocycles. The number of unbranched alkanes of at least 4 members (excludes halogenated alkanes) is 4. The topological polar surface area (TPSA) is 40.1 Å². The van der Waals surface area contributed by atoms with Crippen molar-refractivity contribution in [3.05, 3.63) is 0 Å². The summed E-state index contributed by atoms with van der Waals surface area (Å²) in [6, 6.07) is 0. The minimum Gasteiger partial charge on any atom is -0.549 e. The van der Waals surface area contributed by atoms with Crippen molar-refractivity contribution < 1.29 is 61.3 Å². The van der Waals surface area contributed by atoms with Gasteiger partial charge in [-0.3, -0.25) is 0 Å². The van der Waals surface area contributed by atoms with Crippen molar-refractivity contribution >= 4 is 28.6 Å². The number of halogens is 1. The summed E-state index contributed by atoms with van der Waals surface area (Å²) in [7, 11) is 0. The van der Waals surface area contributed by atoms with Crippen molar-refractivity contribution in [2.24, 2.45) is 0 Å². The predicted molar refractivity (Wildman–Crippen MR) is 56.2 cm³/mol. The maximum absolute atomic E-state index is 10.3. The Bertz CT molecular complexity index is 131. The van der Waals surface area contributed by atoms with Gasteiger partial charge in [0.05, 0.1) is 9.89 Å². The van der Waals surface area contributed by atoms with Gasteiger partial charge in [-0.05, 0) is 6.42 Å². The molecule has 1 atom stereocenters. The van der Waals surface area contributed by atoms with Gasteiger partial charge < -0.3 is 9.90 Å². The van der Waals surface area contributed by atoms with Gasteiger partial charge in [0.25, 0.3) is 0 Å². The van der Waals surface area contributed by atoms with Gasteiger partial charge in [-0.2, -0.15) is 0 Å². The second-order valence-corrected chi connectivity index (χ2v) is 4.49. The fourth-order valence-electron chi connectivity index (χ4n) is 1.04. The van der Waals surface area contributed by atoms with E-state index in [1.165, 1.54) is 19.3 Å². The van der Waals surface area contributed by atoms with Crippen LogP contribution in [0.15, 0.2) is 0 Å². The first-order valence-corrected chi connectivity index (χ1v) is 5.78. The van der Waals surface area contributed by atoms with E-state index < -0.39 is 5.97 Å². The van der Waals surface area contributed by atoms with Gasteiger partial charge >= 0.3 is 51.4 Å². The Morgan fingerprint density at radius 2 is 1.85 bits per heavy atom. The summed E-state index contributed by atoms with van der Waals surface area (Å²) < 4.78 is -0.302. The SMILES string of the molecule is CCCCCCCC(I)C(=O)[O-].[K+]. The van der Waals surface area contributed by atoms with Crippen LogP contribution >= 0.6 is 22.6 Å². The third kappa shape index (κ3) is 11.8. The molecule has 0 bridgehead atoms. The number of carbonyl (C=O) groups excluding carboxylic acids is 1. The Labute approximate surface area is 137 Å². The zero-order valence-corrected chi connectivity index (χ0v) is 13.8. The van der Waals surface area contributed by atoms with Gasteiger partial charge in [-0.1, -0.05) is 61.6 Å². The van der Waals surface area contributed by atoms with E-state index in [1.54, 1.807) is 0 Å². The molecule has 0 radical (unpaired) electrons. The van der Waals surface area contributed by atoms with E-state index >= 15 is 0 Å². The van der Waals surface area contributed by atoms with Gasteiger partial charge in [0.2, 0.25) is 0 Å². The molecule has 1 unspecified atom stereocenters. The Hall–Kier alpha value is 1.84. The normalized spacial score (nSPS) is 11.8. The van der Waals surface area contributed by atoms with Crippen molar-refractivity contribution in [2.45, 2.75) is 49.4 Å². The molecular weight excluding hydrogens is 306 g/mol. The van der Waals surface area contributed by atoms with Gasteiger partial charge in [0.1, 0.15) is 0 Å². The molecule has 0 saturated carbocycles. The van der Waals surface area contributed by atoms with Crippen LogP contribution in [0.2, 0.25) is 0 Å². The van der Waals surface area contributed by atoms with Crippen molar-refractivity contribution in [2.75, 3.05) is 0 Å². The van der Waals surface area contributed by atoms with Crippen LogP contribution < -0.4 is 56.5 Å². The standard InChI is InChI=1S/C9H17IO2.K/c1-2-3-4-5-6-7-8(10)9(11)12;/h8H,2-7H2,1H3,(H,11,12);/q;+1/p-1. The number of hydrogen-bond acceptors (Lipinski definition) is 2. The summed E-state index contributed by atoms with van der Waals surface area (Å²) in [6.45, 7) is 2.17. The largest absolute Gasteiger partial charge is 1.00 e. The van der Waals surface area contributed by atoms with E-state index in [9.17, 15) is 9.90 Å². The maximum Gasteiger partial charge on any atom is 1.00 e. The van der Waals surface area contributed by atoms with Crippen LogP contribution in [0, 0.1) is 0 Å². The van der Waals surface area contributed by atoms with Crippen LogP contribution in [0.1, 0.15) is 45.4 Å². The molecule has 13 heavy (non-hydrogen) atoms. The summed E-state index contributed by atoms with van der Waals surface area (Å²) in [5, 5.41) is 10.3. The first kappa shape index (κ1) is 17.2. The maximum atomic E-state index is 10.3. The van der Waals surface area contributed by atoms with Gasteiger partial charge in [-0.15, -0.1) is 0 Å². The molecule has 0 aromatic heterocycles. The summed E-state index contributed by atoms with van der Waals surface area (Å²) >= 11 is 1.93. The van der Waals surface area contributed by atoms with Crippen molar-refractivity contribution in [1.82, 2.24) is 0 Å². The Morgan fingerprint density at radius 3 is 2.31 bits per heavy atom. The Morgan fingerprint density at radius 1 is 1.31 bits per heavy atom. The molecule has 0 N–H and O–H groups in total. The molecule has 0 amide bonds. The molecule has 0 aliphatic heterocycles. The monoisotopic (exact) mass is 322 g/mol. The molecule has 72 valence electrons. The van der Waals surface area contributed by atoms with E-state index in [1.807, 2.05) is 22.6 Å². The number of rotatable bonds is 7. The van der Waals surface area contributed by atoms with Crippen LogP contribution in [-0.2, 0) is 4.79 Å². The number of alkyl halides is 1. The number of carboxylic acids is 1. The number of aliphatic carboxylic acids is 1. The minimum absolute atomic E-state index is 0. The number of hydrogen-bond donors (Lipinski definition) is 0. The molecule has 0 fully saturated rings. The van der Waals surface area contributed by atoms with E-state index in [-0.39, 0.29) is 55.3 Å². The van der Waals surface area contributed by atoms with Crippen molar-refractivity contribution in [3.63, 3.8) is 0 Å². The van der Waals surface area contributed by atoms with Gasteiger partial charge in [0.15, 0.2) is 0 Å². The molecular formula is C9H16IKO2. The minimum atomic E-state index is -0.925. The van der Waals surface area contributed by atoms with Crippen LogP contribution in [0.5, 0.6) is 0 Å². The zero-order valence-electron chi connectivity index (χ0n) is 8.51. The molecule has 0 aromatic rings. The van der Waals surface area contributed by atoms with Crippen LogP contribution in [0.25, 0.3) is 0 Å². The van der Waals surface area contributed by atoms with Gasteiger partial charge in [0, 0.05) is 0 Å². The van der Waals surface area contributed by atoms with E-state index in [0.717, 1.165) is 19.3 Å². The molecule has 0 heterocycles. The third-order valence-electron chi connectivity index (χ3n) is 1.82. The average Bonchev–Trinajstić information content (AvgIpc) is 2.03. The average molecular weight is 322 g/mol. The van der Waals surface area contributed by atoms with Crippen molar-refractivity contribution in [1.29, 1.82) is 0 Å². The Balaban J connectivity index is 0. The molecule has 0 aromatic carbocycles. The zero-order chi connectivity index (χ0) is 9.40. The summed E-state index contributed by atoms with van der Waals surface area (Å²) in [4.78, 5) is 10.3. The first-order valence-electron chi connectivity index (χ1n) is 4.53. The van der Waals surface area contributed by atoms with E-state index in [2.05, 4.69) is 6.92 Å². The van der Waals surface area contributed by atoms with Crippen LogP contribution in [0.4, 0.5) is 0 Å². The molecule has 0 aliphatic rings. The van der Waals surface area contributed by atoms with E-state index in [0.29, 0.717) is 0 Å². The molecule has 2 nitrogen and oxygen atoms in total. The smallest absolute Gasteiger partial charge is 0.549 e. The predicted octanol–water partition coefficient (Wildman–Crippen LogP) is -1.10. The second kappa shape index (κ2) is 11.9. The van der Waals surface area contributed by atoms with Crippen LogP contribution in [-0.4, -0.2) is 9.89 Å². The molecule has 0 spiro atoms. The molecule has 0 aliphatic carbocycles. The summed E-state index contributed by atoms with van der Waals surface area (Å²) in [6.07, 6.45) is 6.65. The molecule has 0 rings (SSSR count). The van der Waals surface area contributed by atoms with Crippen LogP contribution in [0.3, 0.4) is 0 Å².